The zero-order valence-corrected chi connectivity index (χ0v) is 12.0. The molecule has 1 fully saturated rings. The van der Waals surface area contributed by atoms with E-state index in [1.165, 1.54) is 44.1 Å². The lowest BCUT2D eigenvalue weighted by Crippen LogP contribution is -2.29. The van der Waals surface area contributed by atoms with E-state index in [9.17, 15) is 4.39 Å². The second-order valence-electron chi connectivity index (χ2n) is 5.73. The highest BCUT2D eigenvalue weighted by molar-refractivity contribution is 5.20. The molecule has 1 aliphatic rings. The summed E-state index contributed by atoms with van der Waals surface area (Å²) in [6, 6.07) is 7.49. The number of nitrogens with one attached hydrogen (secondary N) is 1. The molecule has 1 aliphatic carbocycles. The van der Waals surface area contributed by atoms with Crippen LogP contribution < -0.4 is 5.32 Å². The fourth-order valence-corrected chi connectivity index (χ4v) is 3.17. The van der Waals surface area contributed by atoms with E-state index in [4.69, 9.17) is 0 Å². The van der Waals surface area contributed by atoms with Gasteiger partial charge in [-0.3, -0.25) is 0 Å². The Morgan fingerprint density at radius 1 is 1.11 bits per heavy atom. The van der Waals surface area contributed by atoms with Crippen LogP contribution in [0.1, 0.15) is 63.5 Å². The number of benzene rings is 1. The van der Waals surface area contributed by atoms with Crippen molar-refractivity contribution in [3.05, 3.63) is 35.6 Å². The minimum Gasteiger partial charge on any atom is -0.310 e. The number of halogens is 1. The minimum absolute atomic E-state index is 0.140. The van der Waals surface area contributed by atoms with Crippen molar-refractivity contribution in [2.45, 2.75) is 57.9 Å². The Morgan fingerprint density at radius 3 is 2.32 bits per heavy atom. The van der Waals surface area contributed by atoms with Gasteiger partial charge in [-0.05, 0) is 49.4 Å². The number of rotatable bonds is 5. The summed E-state index contributed by atoms with van der Waals surface area (Å²) >= 11 is 0. The summed E-state index contributed by atoms with van der Waals surface area (Å²) in [6.45, 7) is 3.24. The van der Waals surface area contributed by atoms with Crippen LogP contribution in [0.5, 0.6) is 0 Å². The number of hydrogen-bond acceptors (Lipinski definition) is 1. The van der Waals surface area contributed by atoms with E-state index in [1.54, 1.807) is 12.1 Å². The smallest absolute Gasteiger partial charge is 0.123 e. The molecule has 1 atom stereocenters. The fourth-order valence-electron chi connectivity index (χ4n) is 3.17. The molecular formula is C17H26FN. The maximum atomic E-state index is 13.1. The Labute approximate surface area is 116 Å². The zero-order chi connectivity index (χ0) is 13.5. The molecule has 1 unspecified atom stereocenters. The van der Waals surface area contributed by atoms with Gasteiger partial charge in [-0.1, -0.05) is 44.7 Å². The fraction of sp³-hybridized carbons (Fsp3) is 0.647. The van der Waals surface area contributed by atoms with E-state index < -0.39 is 0 Å². The molecule has 0 amide bonds. The largest absolute Gasteiger partial charge is 0.310 e. The predicted molar refractivity (Wildman–Crippen MR) is 78.6 cm³/mol. The summed E-state index contributed by atoms with van der Waals surface area (Å²) < 4.78 is 13.1. The highest BCUT2D eigenvalue weighted by atomic mass is 19.1. The van der Waals surface area contributed by atoms with E-state index in [2.05, 4.69) is 12.2 Å². The maximum Gasteiger partial charge on any atom is 0.123 e. The first-order valence-corrected chi connectivity index (χ1v) is 7.80. The van der Waals surface area contributed by atoms with Crippen molar-refractivity contribution in [1.82, 2.24) is 5.32 Å². The third-order valence-corrected chi connectivity index (χ3v) is 4.21. The lowest BCUT2D eigenvalue weighted by Gasteiger charge is -2.28. The average molecular weight is 263 g/mol. The van der Waals surface area contributed by atoms with E-state index in [1.807, 2.05) is 12.1 Å². The Bertz CT molecular complexity index is 352. The molecule has 0 aliphatic heterocycles. The first kappa shape index (κ1) is 14.5. The van der Waals surface area contributed by atoms with E-state index in [0.717, 1.165) is 13.0 Å². The summed E-state index contributed by atoms with van der Waals surface area (Å²) in [5.74, 6) is 0.568. The van der Waals surface area contributed by atoms with Crippen LogP contribution in [0.15, 0.2) is 24.3 Å². The first-order valence-electron chi connectivity index (χ1n) is 7.80. The molecular weight excluding hydrogens is 237 g/mol. The van der Waals surface area contributed by atoms with Gasteiger partial charge in [-0.2, -0.15) is 0 Å². The molecule has 0 aromatic heterocycles. The molecule has 0 radical (unpaired) electrons. The molecule has 19 heavy (non-hydrogen) atoms. The van der Waals surface area contributed by atoms with Gasteiger partial charge in [0.2, 0.25) is 0 Å². The van der Waals surface area contributed by atoms with Crippen molar-refractivity contribution in [1.29, 1.82) is 0 Å². The van der Waals surface area contributed by atoms with Crippen LogP contribution >= 0.6 is 0 Å². The van der Waals surface area contributed by atoms with Gasteiger partial charge < -0.3 is 5.32 Å². The Morgan fingerprint density at radius 2 is 1.74 bits per heavy atom. The van der Waals surface area contributed by atoms with Gasteiger partial charge in [-0.25, -0.2) is 4.39 Å². The molecule has 1 nitrogen and oxygen atoms in total. The topological polar surface area (TPSA) is 12.0 Å². The molecule has 1 aromatic carbocycles. The zero-order valence-electron chi connectivity index (χ0n) is 12.0. The molecule has 1 saturated carbocycles. The minimum atomic E-state index is -0.140. The summed E-state index contributed by atoms with van der Waals surface area (Å²) in [7, 11) is 0. The van der Waals surface area contributed by atoms with Gasteiger partial charge >= 0.3 is 0 Å². The van der Waals surface area contributed by atoms with Gasteiger partial charge in [0, 0.05) is 6.04 Å². The van der Waals surface area contributed by atoms with Crippen molar-refractivity contribution >= 4 is 0 Å². The predicted octanol–water partition coefficient (Wildman–Crippen LogP) is 4.84. The standard InChI is InChI=1S/C17H26FN/c1-2-13-19-17(14-7-5-3-4-6-8-14)15-9-11-16(18)12-10-15/h9-12,14,17,19H,2-8,13H2,1H3. The van der Waals surface area contributed by atoms with Crippen molar-refractivity contribution < 1.29 is 4.39 Å². The van der Waals surface area contributed by atoms with Crippen molar-refractivity contribution in [2.24, 2.45) is 5.92 Å². The molecule has 2 rings (SSSR count). The summed E-state index contributed by atoms with van der Waals surface area (Å²) in [5.41, 5.74) is 1.25. The summed E-state index contributed by atoms with van der Waals surface area (Å²) in [5, 5.41) is 3.68. The third kappa shape index (κ3) is 4.31. The van der Waals surface area contributed by atoms with Crippen LogP contribution in [0.2, 0.25) is 0 Å². The molecule has 1 N–H and O–H groups in total. The number of hydrogen-bond donors (Lipinski definition) is 1. The van der Waals surface area contributed by atoms with E-state index >= 15 is 0 Å². The molecule has 2 heteroatoms. The molecule has 106 valence electrons. The Balaban J connectivity index is 2.11. The van der Waals surface area contributed by atoms with Gasteiger partial charge in [0.1, 0.15) is 5.82 Å². The first-order chi connectivity index (χ1) is 9.31. The van der Waals surface area contributed by atoms with Crippen molar-refractivity contribution in [3.8, 4) is 0 Å². The molecule has 0 spiro atoms. The average Bonchev–Trinajstić information content (AvgIpc) is 2.70. The van der Waals surface area contributed by atoms with Crippen LogP contribution in [0.3, 0.4) is 0 Å². The molecule has 0 heterocycles. The maximum absolute atomic E-state index is 13.1. The summed E-state index contributed by atoms with van der Waals surface area (Å²) in [4.78, 5) is 0. The van der Waals surface area contributed by atoms with Crippen LogP contribution in [0, 0.1) is 11.7 Å². The SMILES string of the molecule is CCCNC(c1ccc(F)cc1)C1CCCCCC1. The lowest BCUT2D eigenvalue weighted by atomic mass is 9.87. The van der Waals surface area contributed by atoms with Gasteiger partial charge in [0.15, 0.2) is 0 Å². The highest BCUT2D eigenvalue weighted by Crippen LogP contribution is 2.33. The van der Waals surface area contributed by atoms with E-state index in [0.29, 0.717) is 12.0 Å². The monoisotopic (exact) mass is 263 g/mol. The molecule has 0 saturated heterocycles. The Hall–Kier alpha value is -0.890. The molecule has 1 aromatic rings. The highest BCUT2D eigenvalue weighted by Gasteiger charge is 2.23. The van der Waals surface area contributed by atoms with Gasteiger partial charge in [0.25, 0.3) is 0 Å². The second kappa shape index (κ2) is 7.64. The van der Waals surface area contributed by atoms with Gasteiger partial charge in [-0.15, -0.1) is 0 Å². The summed E-state index contributed by atoms with van der Waals surface area (Å²) in [6.07, 6.45) is 9.19. The van der Waals surface area contributed by atoms with Crippen molar-refractivity contribution in [2.75, 3.05) is 6.54 Å². The molecule has 0 bridgehead atoms. The van der Waals surface area contributed by atoms with E-state index in [-0.39, 0.29) is 5.82 Å². The normalized spacial score (nSPS) is 19.1. The van der Waals surface area contributed by atoms with Crippen molar-refractivity contribution in [3.63, 3.8) is 0 Å². The van der Waals surface area contributed by atoms with Crippen LogP contribution in [-0.2, 0) is 0 Å². The van der Waals surface area contributed by atoms with Crippen LogP contribution in [-0.4, -0.2) is 6.54 Å². The Kier molecular flexibility index (Phi) is 5.84. The quantitative estimate of drug-likeness (QED) is 0.750. The second-order valence-corrected chi connectivity index (χ2v) is 5.73. The van der Waals surface area contributed by atoms with Gasteiger partial charge in [0.05, 0.1) is 0 Å². The van der Waals surface area contributed by atoms with Crippen LogP contribution in [0.25, 0.3) is 0 Å². The third-order valence-electron chi connectivity index (χ3n) is 4.21. The lowest BCUT2D eigenvalue weighted by molar-refractivity contribution is 0.325. The van der Waals surface area contributed by atoms with Crippen LogP contribution in [0.4, 0.5) is 4.39 Å².